The number of rotatable bonds is 7. The lowest BCUT2D eigenvalue weighted by Crippen LogP contribution is -2.42. The molecular formula is C31H33N7O2. The first-order valence-electron chi connectivity index (χ1n) is 14.0. The molecule has 9 nitrogen and oxygen atoms in total. The number of H-pyrrole nitrogens is 1. The van der Waals surface area contributed by atoms with E-state index in [2.05, 4.69) is 27.5 Å². The number of benzene rings is 2. The van der Waals surface area contributed by atoms with Gasteiger partial charge >= 0.3 is 6.09 Å². The summed E-state index contributed by atoms with van der Waals surface area (Å²) in [5, 5.41) is 14.9. The van der Waals surface area contributed by atoms with Crippen molar-refractivity contribution < 1.29 is 9.53 Å². The quantitative estimate of drug-likeness (QED) is 0.254. The second-order valence-corrected chi connectivity index (χ2v) is 10.3. The summed E-state index contributed by atoms with van der Waals surface area (Å²) in [4.78, 5) is 20.4. The smallest absolute Gasteiger partial charge is 0.414 e. The minimum Gasteiger partial charge on any atom is -0.443 e. The van der Waals surface area contributed by atoms with Crippen molar-refractivity contribution in [2.24, 2.45) is 0 Å². The first-order valence-corrected chi connectivity index (χ1v) is 14.0. The number of aromatic amines is 1. The molecule has 6 rings (SSSR count). The number of hydrogen-bond acceptors (Lipinski definition) is 6. The molecule has 3 heterocycles. The molecular weight excluding hydrogens is 502 g/mol. The van der Waals surface area contributed by atoms with Crippen LogP contribution in [0.3, 0.4) is 0 Å². The molecule has 0 radical (unpaired) electrons. The molecule has 1 amide bonds. The number of aromatic nitrogens is 6. The van der Waals surface area contributed by atoms with Crippen LogP contribution in [0.1, 0.15) is 56.0 Å². The first kappa shape index (κ1) is 25.7. The molecule has 204 valence electrons. The Morgan fingerprint density at radius 3 is 2.62 bits per heavy atom. The molecule has 5 aromatic rings. The molecule has 0 aliphatic heterocycles. The summed E-state index contributed by atoms with van der Waals surface area (Å²) in [6, 6.07) is 20.2. The highest BCUT2D eigenvalue weighted by atomic mass is 16.6. The Balaban J connectivity index is 1.35. The van der Waals surface area contributed by atoms with Gasteiger partial charge in [0.15, 0.2) is 0 Å². The standard InChI is InChI=1S/C31H33N7O2/c1-3-23-19-37-26(15-14-21(2)30(37)32-23)20-40-31(39)38(24-12-8-5-9-13-24)25-16-17-27(22-10-6-4-7-11-22)28(18-25)29-33-35-36-34-29/h4,6-7,10-11,14-19,24H,3,5,8-9,12-13,20H2,1-2H3,(H,33,34,35,36). The Hall–Kier alpha value is -4.53. The number of anilines is 1. The number of nitrogens with zero attached hydrogens (tertiary/aromatic N) is 6. The van der Waals surface area contributed by atoms with Gasteiger partial charge in [-0.25, -0.2) is 9.78 Å². The van der Waals surface area contributed by atoms with Gasteiger partial charge in [-0.05, 0) is 66.3 Å². The molecule has 1 N–H and O–H groups in total. The van der Waals surface area contributed by atoms with E-state index in [0.717, 1.165) is 77.1 Å². The van der Waals surface area contributed by atoms with Crippen molar-refractivity contribution in [2.75, 3.05) is 4.90 Å². The largest absolute Gasteiger partial charge is 0.443 e. The number of nitrogens with one attached hydrogen (secondary N) is 1. The third-order valence-corrected chi connectivity index (χ3v) is 7.74. The second-order valence-electron chi connectivity index (χ2n) is 10.3. The summed E-state index contributed by atoms with van der Waals surface area (Å²) >= 11 is 0. The van der Waals surface area contributed by atoms with Gasteiger partial charge in [-0.1, -0.05) is 68.7 Å². The zero-order valence-corrected chi connectivity index (χ0v) is 22.9. The van der Waals surface area contributed by atoms with Crippen molar-refractivity contribution in [1.82, 2.24) is 30.0 Å². The highest BCUT2D eigenvalue weighted by Crippen LogP contribution is 2.36. The number of fused-ring (bicyclic) bond motifs is 1. The third kappa shape index (κ3) is 5.06. The number of tetrazole rings is 1. The maximum atomic E-state index is 13.9. The van der Waals surface area contributed by atoms with Crippen LogP contribution in [0.15, 0.2) is 66.9 Å². The predicted octanol–water partition coefficient (Wildman–Crippen LogP) is 6.53. The van der Waals surface area contributed by atoms with Crippen molar-refractivity contribution in [2.45, 2.75) is 65.0 Å². The topological polar surface area (TPSA) is 101 Å². The molecule has 1 aliphatic rings. The zero-order chi connectivity index (χ0) is 27.5. The SMILES string of the molecule is CCc1cn2c(COC(=O)N(c3ccc(-c4ccccc4)c(-c4nn[nH]n4)c3)C3CCCCC3)ccc(C)c2n1. The highest BCUT2D eigenvalue weighted by Gasteiger charge is 2.29. The van der Waals surface area contributed by atoms with Crippen molar-refractivity contribution >= 4 is 17.4 Å². The van der Waals surface area contributed by atoms with E-state index in [-0.39, 0.29) is 18.7 Å². The van der Waals surface area contributed by atoms with Gasteiger partial charge in [0.05, 0.1) is 11.4 Å². The Morgan fingerprint density at radius 2 is 1.88 bits per heavy atom. The minimum atomic E-state index is -0.358. The van der Waals surface area contributed by atoms with Crippen LogP contribution in [-0.2, 0) is 17.8 Å². The van der Waals surface area contributed by atoms with Gasteiger partial charge in [0.2, 0.25) is 5.82 Å². The Kier molecular flexibility index (Phi) is 7.27. The Morgan fingerprint density at radius 1 is 1.05 bits per heavy atom. The number of amides is 1. The lowest BCUT2D eigenvalue weighted by atomic mass is 9.93. The average Bonchev–Trinajstić information content (AvgIpc) is 3.69. The molecule has 0 unspecified atom stereocenters. The monoisotopic (exact) mass is 535 g/mol. The lowest BCUT2D eigenvalue weighted by molar-refractivity contribution is 0.141. The van der Waals surface area contributed by atoms with Gasteiger partial charge in [-0.2, -0.15) is 5.21 Å². The maximum Gasteiger partial charge on any atom is 0.414 e. The average molecular weight is 536 g/mol. The molecule has 1 fully saturated rings. The van der Waals surface area contributed by atoms with Gasteiger partial charge < -0.3 is 9.14 Å². The number of carbonyl (C=O) groups excluding carboxylic acids is 1. The molecule has 0 bridgehead atoms. The fourth-order valence-electron chi connectivity index (χ4n) is 5.61. The van der Waals surface area contributed by atoms with E-state index in [1.165, 1.54) is 6.42 Å². The van der Waals surface area contributed by atoms with Gasteiger partial charge in [-0.3, -0.25) is 4.90 Å². The van der Waals surface area contributed by atoms with E-state index >= 15 is 0 Å². The number of hydrogen-bond donors (Lipinski definition) is 1. The van der Waals surface area contributed by atoms with E-state index in [1.54, 1.807) is 0 Å². The number of pyridine rings is 1. The summed E-state index contributed by atoms with van der Waals surface area (Å²) in [6.07, 6.45) is 7.74. The van der Waals surface area contributed by atoms with Gasteiger partial charge in [0.1, 0.15) is 12.3 Å². The molecule has 0 spiro atoms. The molecule has 0 saturated heterocycles. The van der Waals surface area contributed by atoms with Crippen LogP contribution >= 0.6 is 0 Å². The molecule has 1 aliphatic carbocycles. The van der Waals surface area contributed by atoms with E-state index in [1.807, 2.05) is 83.1 Å². The van der Waals surface area contributed by atoms with Gasteiger partial charge in [0, 0.05) is 23.5 Å². The zero-order valence-electron chi connectivity index (χ0n) is 22.9. The summed E-state index contributed by atoms with van der Waals surface area (Å²) in [6.45, 7) is 4.28. The predicted molar refractivity (Wildman–Crippen MR) is 154 cm³/mol. The normalized spacial score (nSPS) is 13.9. The van der Waals surface area contributed by atoms with Crippen LogP contribution in [-0.4, -0.2) is 42.1 Å². The summed E-state index contributed by atoms with van der Waals surface area (Å²) in [5.74, 6) is 0.478. The minimum absolute atomic E-state index is 0.0555. The Bertz CT molecular complexity index is 1610. The summed E-state index contributed by atoms with van der Waals surface area (Å²) in [7, 11) is 0. The first-order chi connectivity index (χ1) is 19.6. The number of aryl methyl sites for hydroxylation is 2. The van der Waals surface area contributed by atoms with E-state index in [4.69, 9.17) is 9.72 Å². The van der Waals surface area contributed by atoms with Crippen molar-refractivity contribution in [3.63, 3.8) is 0 Å². The maximum absolute atomic E-state index is 13.9. The molecule has 1 saturated carbocycles. The molecule has 3 aromatic heterocycles. The van der Waals surface area contributed by atoms with E-state index in [9.17, 15) is 4.79 Å². The fraction of sp³-hybridized carbons (Fsp3) is 0.323. The van der Waals surface area contributed by atoms with Crippen LogP contribution in [0.2, 0.25) is 0 Å². The van der Waals surface area contributed by atoms with Crippen molar-refractivity contribution in [3.05, 3.63) is 83.8 Å². The Labute approximate surface area is 233 Å². The van der Waals surface area contributed by atoms with E-state index < -0.39 is 0 Å². The summed E-state index contributed by atoms with van der Waals surface area (Å²) in [5.41, 5.74) is 7.46. The van der Waals surface area contributed by atoms with E-state index in [0.29, 0.717) is 5.82 Å². The molecule has 0 atom stereocenters. The van der Waals surface area contributed by atoms with Gasteiger partial charge in [-0.15, -0.1) is 10.2 Å². The van der Waals surface area contributed by atoms with Crippen molar-refractivity contribution in [1.29, 1.82) is 0 Å². The lowest BCUT2D eigenvalue weighted by Gasteiger charge is -2.34. The van der Waals surface area contributed by atoms with Crippen LogP contribution < -0.4 is 4.90 Å². The molecule has 2 aromatic carbocycles. The highest BCUT2D eigenvalue weighted by molar-refractivity contribution is 5.92. The number of imidazole rings is 1. The summed E-state index contributed by atoms with van der Waals surface area (Å²) < 4.78 is 8.06. The van der Waals surface area contributed by atoms with Gasteiger partial charge in [0.25, 0.3) is 0 Å². The van der Waals surface area contributed by atoms with Crippen LogP contribution in [0.4, 0.5) is 10.5 Å². The number of ether oxygens (including phenoxy) is 1. The molecule has 40 heavy (non-hydrogen) atoms. The van der Waals surface area contributed by atoms with Crippen LogP contribution in [0.5, 0.6) is 0 Å². The van der Waals surface area contributed by atoms with Crippen LogP contribution in [0, 0.1) is 6.92 Å². The molecule has 9 heteroatoms. The second kappa shape index (κ2) is 11.3. The fourth-order valence-corrected chi connectivity index (χ4v) is 5.61. The third-order valence-electron chi connectivity index (χ3n) is 7.74. The van der Waals surface area contributed by atoms with Crippen LogP contribution in [0.25, 0.3) is 28.2 Å². The number of carbonyl (C=O) groups is 1. The van der Waals surface area contributed by atoms with Crippen molar-refractivity contribution in [3.8, 4) is 22.5 Å².